The highest BCUT2D eigenvalue weighted by Gasteiger charge is 2.22. The number of para-hydroxylation sites is 2. The molecule has 0 radical (unpaired) electrons. The minimum atomic E-state index is 0.0533. The van der Waals surface area contributed by atoms with Gasteiger partial charge in [-0.05, 0) is 50.9 Å². The highest BCUT2D eigenvalue weighted by molar-refractivity contribution is 5.92. The van der Waals surface area contributed by atoms with E-state index in [0.717, 1.165) is 63.3 Å². The summed E-state index contributed by atoms with van der Waals surface area (Å²) in [6.07, 6.45) is 2.98. The number of hydrogen-bond donors (Lipinski definition) is 1. The van der Waals surface area contributed by atoms with Gasteiger partial charge < -0.3 is 19.7 Å². The topological polar surface area (TPSA) is 54.0 Å². The smallest absolute Gasteiger partial charge is 0.225 e. The molecule has 0 saturated carbocycles. The Hall–Kier alpha value is -1.63. The zero-order valence-corrected chi connectivity index (χ0v) is 16.5. The average Bonchev–Trinajstić information content (AvgIpc) is 2.70. The molecule has 0 spiro atoms. The molecule has 27 heavy (non-hydrogen) atoms. The maximum Gasteiger partial charge on any atom is 0.225 e. The lowest BCUT2D eigenvalue weighted by molar-refractivity contribution is -0.116. The van der Waals surface area contributed by atoms with Crippen LogP contribution in [0.3, 0.4) is 0 Å². The van der Waals surface area contributed by atoms with Crippen LogP contribution in [0.25, 0.3) is 0 Å². The molecule has 2 fully saturated rings. The van der Waals surface area contributed by atoms with Crippen LogP contribution in [0, 0.1) is 5.92 Å². The van der Waals surface area contributed by atoms with Crippen LogP contribution in [-0.4, -0.2) is 74.8 Å². The van der Waals surface area contributed by atoms with Crippen LogP contribution < -0.4 is 10.1 Å². The van der Waals surface area contributed by atoms with Gasteiger partial charge in [0.15, 0.2) is 0 Å². The number of anilines is 1. The number of carbonyl (C=O) groups is 1. The molecule has 0 atom stereocenters. The Bertz CT molecular complexity index is 582. The standard InChI is InChI=1S/C21H33N3O3/c1-2-27-20-6-4-3-5-19(20)22-21(25)9-12-23-10-7-18(8-11-23)17-24-13-15-26-16-14-24/h3-6,18H,2,7-17H2,1H3,(H,22,25). The predicted octanol–water partition coefficient (Wildman–Crippen LogP) is 2.46. The summed E-state index contributed by atoms with van der Waals surface area (Å²) in [5.41, 5.74) is 0.758. The summed E-state index contributed by atoms with van der Waals surface area (Å²) in [7, 11) is 0. The fraction of sp³-hybridized carbons (Fsp3) is 0.667. The van der Waals surface area contributed by atoms with E-state index in [1.807, 2.05) is 31.2 Å². The van der Waals surface area contributed by atoms with E-state index < -0.39 is 0 Å². The van der Waals surface area contributed by atoms with Gasteiger partial charge in [-0.25, -0.2) is 0 Å². The first-order valence-electron chi connectivity index (χ1n) is 10.3. The van der Waals surface area contributed by atoms with Gasteiger partial charge in [0, 0.05) is 32.6 Å². The number of nitrogens with zero attached hydrogens (tertiary/aromatic N) is 2. The first kappa shape index (κ1) is 20.1. The molecule has 1 aromatic carbocycles. The summed E-state index contributed by atoms with van der Waals surface area (Å²) in [5, 5.41) is 2.99. The van der Waals surface area contributed by atoms with E-state index in [1.54, 1.807) is 0 Å². The molecule has 150 valence electrons. The van der Waals surface area contributed by atoms with E-state index >= 15 is 0 Å². The van der Waals surface area contributed by atoms with Crippen molar-refractivity contribution in [3.63, 3.8) is 0 Å². The number of carbonyl (C=O) groups excluding carboxylic acids is 1. The maximum absolute atomic E-state index is 12.3. The third-order valence-corrected chi connectivity index (χ3v) is 5.44. The number of hydrogen-bond acceptors (Lipinski definition) is 5. The van der Waals surface area contributed by atoms with E-state index in [9.17, 15) is 4.79 Å². The number of morpholine rings is 1. The van der Waals surface area contributed by atoms with Crippen molar-refractivity contribution in [2.75, 3.05) is 64.4 Å². The molecule has 1 amide bonds. The third kappa shape index (κ3) is 6.48. The second kappa shape index (κ2) is 10.6. The first-order chi connectivity index (χ1) is 13.2. The molecule has 1 aromatic rings. The predicted molar refractivity (Wildman–Crippen MR) is 107 cm³/mol. The lowest BCUT2D eigenvalue weighted by Gasteiger charge is -2.36. The van der Waals surface area contributed by atoms with Gasteiger partial charge in [0.1, 0.15) is 5.75 Å². The van der Waals surface area contributed by atoms with E-state index in [2.05, 4.69) is 15.1 Å². The molecule has 2 aliphatic rings. The van der Waals surface area contributed by atoms with Gasteiger partial charge in [-0.2, -0.15) is 0 Å². The molecule has 2 saturated heterocycles. The van der Waals surface area contributed by atoms with Crippen molar-refractivity contribution in [1.29, 1.82) is 0 Å². The number of piperidine rings is 1. The number of nitrogens with one attached hydrogen (secondary N) is 1. The van der Waals surface area contributed by atoms with Crippen molar-refractivity contribution in [2.45, 2.75) is 26.2 Å². The molecule has 6 nitrogen and oxygen atoms in total. The van der Waals surface area contributed by atoms with Crippen LogP contribution in [0.4, 0.5) is 5.69 Å². The van der Waals surface area contributed by atoms with Crippen LogP contribution in [-0.2, 0) is 9.53 Å². The van der Waals surface area contributed by atoms with Crippen LogP contribution >= 0.6 is 0 Å². The minimum Gasteiger partial charge on any atom is -0.492 e. The van der Waals surface area contributed by atoms with Crippen molar-refractivity contribution >= 4 is 11.6 Å². The average molecular weight is 376 g/mol. The molecule has 2 aliphatic heterocycles. The van der Waals surface area contributed by atoms with Crippen molar-refractivity contribution in [2.24, 2.45) is 5.92 Å². The lowest BCUT2D eigenvalue weighted by Crippen LogP contribution is -2.43. The highest BCUT2D eigenvalue weighted by Crippen LogP contribution is 2.24. The van der Waals surface area contributed by atoms with E-state index in [-0.39, 0.29) is 5.91 Å². The Balaban J connectivity index is 1.35. The van der Waals surface area contributed by atoms with Crippen LogP contribution in [0.5, 0.6) is 5.75 Å². The SMILES string of the molecule is CCOc1ccccc1NC(=O)CCN1CCC(CN2CCOCC2)CC1. The van der Waals surface area contributed by atoms with Gasteiger partial charge in [-0.3, -0.25) is 9.69 Å². The molecule has 0 aliphatic carbocycles. The van der Waals surface area contributed by atoms with Gasteiger partial charge in [-0.15, -0.1) is 0 Å². The molecule has 0 aromatic heterocycles. The fourth-order valence-corrected chi connectivity index (χ4v) is 3.87. The summed E-state index contributed by atoms with van der Waals surface area (Å²) < 4.78 is 11.0. The number of benzene rings is 1. The maximum atomic E-state index is 12.3. The van der Waals surface area contributed by atoms with Crippen LogP contribution in [0.15, 0.2) is 24.3 Å². The van der Waals surface area contributed by atoms with E-state index in [4.69, 9.17) is 9.47 Å². The summed E-state index contributed by atoms with van der Waals surface area (Å²) >= 11 is 0. The van der Waals surface area contributed by atoms with Crippen molar-refractivity contribution in [3.8, 4) is 5.75 Å². The Kier molecular flexibility index (Phi) is 7.93. The molecule has 3 rings (SSSR count). The molecule has 0 unspecified atom stereocenters. The Morgan fingerprint density at radius 3 is 2.63 bits per heavy atom. The monoisotopic (exact) mass is 375 g/mol. The first-order valence-corrected chi connectivity index (χ1v) is 10.3. The second-order valence-corrected chi connectivity index (χ2v) is 7.43. The molecule has 6 heteroatoms. The van der Waals surface area contributed by atoms with Gasteiger partial charge >= 0.3 is 0 Å². The summed E-state index contributed by atoms with van der Waals surface area (Å²) in [6.45, 7) is 10.6. The van der Waals surface area contributed by atoms with Gasteiger partial charge in [0.25, 0.3) is 0 Å². The van der Waals surface area contributed by atoms with Crippen molar-refractivity contribution < 1.29 is 14.3 Å². The number of amides is 1. The summed E-state index contributed by atoms with van der Waals surface area (Å²) in [5.74, 6) is 1.57. The normalized spacial score (nSPS) is 19.7. The van der Waals surface area contributed by atoms with Crippen LogP contribution in [0.1, 0.15) is 26.2 Å². The highest BCUT2D eigenvalue weighted by atomic mass is 16.5. The second-order valence-electron chi connectivity index (χ2n) is 7.43. The number of likely N-dealkylation sites (tertiary alicyclic amines) is 1. The summed E-state index contributed by atoms with van der Waals surface area (Å²) in [6, 6.07) is 7.61. The van der Waals surface area contributed by atoms with Gasteiger partial charge in [0.2, 0.25) is 5.91 Å². The van der Waals surface area contributed by atoms with Gasteiger partial charge in [-0.1, -0.05) is 12.1 Å². The minimum absolute atomic E-state index is 0.0533. The number of rotatable bonds is 8. The quantitative estimate of drug-likeness (QED) is 0.756. The largest absolute Gasteiger partial charge is 0.492 e. The summed E-state index contributed by atoms with van der Waals surface area (Å²) in [4.78, 5) is 17.3. The Morgan fingerprint density at radius 2 is 1.89 bits per heavy atom. The molecule has 1 N–H and O–H groups in total. The number of ether oxygens (including phenoxy) is 2. The fourth-order valence-electron chi connectivity index (χ4n) is 3.87. The van der Waals surface area contributed by atoms with Crippen molar-refractivity contribution in [3.05, 3.63) is 24.3 Å². The molecular formula is C21H33N3O3. The van der Waals surface area contributed by atoms with Crippen molar-refractivity contribution in [1.82, 2.24) is 9.80 Å². The zero-order valence-electron chi connectivity index (χ0n) is 16.5. The molecule has 2 heterocycles. The Morgan fingerprint density at radius 1 is 1.15 bits per heavy atom. The van der Waals surface area contributed by atoms with Crippen LogP contribution in [0.2, 0.25) is 0 Å². The molecular weight excluding hydrogens is 342 g/mol. The lowest BCUT2D eigenvalue weighted by atomic mass is 9.96. The zero-order chi connectivity index (χ0) is 18.9. The van der Waals surface area contributed by atoms with E-state index in [0.29, 0.717) is 13.0 Å². The molecule has 0 bridgehead atoms. The van der Waals surface area contributed by atoms with E-state index in [1.165, 1.54) is 19.4 Å². The third-order valence-electron chi connectivity index (χ3n) is 5.44. The van der Waals surface area contributed by atoms with Gasteiger partial charge in [0.05, 0.1) is 25.5 Å². The Labute approximate surface area is 162 Å².